The molecule has 1 atom stereocenters. The second kappa shape index (κ2) is 5.51. The van der Waals surface area contributed by atoms with Gasteiger partial charge in [-0.15, -0.1) is 0 Å². The van der Waals surface area contributed by atoms with Crippen molar-refractivity contribution in [3.8, 4) is 5.75 Å². The Morgan fingerprint density at radius 2 is 2.00 bits per heavy atom. The second-order valence-corrected chi connectivity index (χ2v) is 5.97. The minimum atomic E-state index is 0.421. The summed E-state index contributed by atoms with van der Waals surface area (Å²) in [6.45, 7) is 4.71. The van der Waals surface area contributed by atoms with Crippen LogP contribution in [0.25, 0.3) is 0 Å². The number of piperidine rings is 1. The number of likely N-dealkylation sites (tertiary alicyclic amines) is 1. The normalized spacial score (nSPS) is 27.8. The Balaban J connectivity index is 1.62. The Hall–Kier alpha value is -1.06. The van der Waals surface area contributed by atoms with E-state index in [0.29, 0.717) is 5.54 Å². The number of benzene rings is 1. The zero-order chi connectivity index (χ0) is 13.1. The van der Waals surface area contributed by atoms with Crippen LogP contribution in [0.1, 0.15) is 31.2 Å². The molecule has 3 nitrogen and oxygen atoms in total. The van der Waals surface area contributed by atoms with Gasteiger partial charge in [0.15, 0.2) is 0 Å². The molecule has 3 heteroatoms. The highest BCUT2D eigenvalue weighted by Gasteiger charge is 2.37. The van der Waals surface area contributed by atoms with E-state index < -0.39 is 0 Å². The SMILES string of the molecule is COc1ccc(CN2CCC[C@@]3(CCCN3)C2)cc1. The average molecular weight is 260 g/mol. The monoisotopic (exact) mass is 260 g/mol. The second-order valence-electron chi connectivity index (χ2n) is 5.97. The number of hydrogen-bond acceptors (Lipinski definition) is 3. The summed E-state index contributed by atoms with van der Waals surface area (Å²) in [5.41, 5.74) is 1.81. The molecular formula is C16H24N2O. The summed E-state index contributed by atoms with van der Waals surface area (Å²) in [5, 5.41) is 3.74. The molecule has 1 aromatic rings. The molecule has 2 aliphatic rings. The highest BCUT2D eigenvalue weighted by atomic mass is 16.5. The summed E-state index contributed by atoms with van der Waals surface area (Å²) in [6.07, 6.45) is 5.37. The molecule has 0 amide bonds. The van der Waals surface area contributed by atoms with Crippen molar-refractivity contribution in [2.24, 2.45) is 0 Å². The van der Waals surface area contributed by atoms with Gasteiger partial charge in [-0.3, -0.25) is 4.90 Å². The minimum absolute atomic E-state index is 0.421. The van der Waals surface area contributed by atoms with Gasteiger partial charge >= 0.3 is 0 Å². The maximum Gasteiger partial charge on any atom is 0.118 e. The van der Waals surface area contributed by atoms with Gasteiger partial charge in [-0.25, -0.2) is 0 Å². The van der Waals surface area contributed by atoms with Crippen LogP contribution in [0.15, 0.2) is 24.3 Å². The van der Waals surface area contributed by atoms with Gasteiger partial charge in [-0.2, -0.15) is 0 Å². The zero-order valence-electron chi connectivity index (χ0n) is 11.8. The van der Waals surface area contributed by atoms with Gasteiger partial charge in [0.05, 0.1) is 7.11 Å². The quantitative estimate of drug-likeness (QED) is 0.903. The number of hydrogen-bond donors (Lipinski definition) is 1. The molecule has 0 aromatic heterocycles. The predicted molar refractivity (Wildman–Crippen MR) is 77.5 cm³/mol. The number of methoxy groups -OCH3 is 1. The lowest BCUT2D eigenvalue weighted by Crippen LogP contribution is -2.53. The highest BCUT2D eigenvalue weighted by molar-refractivity contribution is 5.27. The molecule has 0 unspecified atom stereocenters. The maximum atomic E-state index is 5.21. The summed E-state index contributed by atoms with van der Waals surface area (Å²) in [6, 6.07) is 8.48. The number of rotatable bonds is 3. The Labute approximate surface area is 115 Å². The molecule has 2 fully saturated rings. The van der Waals surface area contributed by atoms with Crippen molar-refractivity contribution in [2.75, 3.05) is 26.7 Å². The fraction of sp³-hybridized carbons (Fsp3) is 0.625. The van der Waals surface area contributed by atoms with Gasteiger partial charge in [0, 0.05) is 18.6 Å². The third-order valence-corrected chi connectivity index (χ3v) is 4.55. The largest absolute Gasteiger partial charge is 0.497 e. The molecule has 0 aliphatic carbocycles. The molecule has 1 N–H and O–H groups in total. The van der Waals surface area contributed by atoms with Crippen molar-refractivity contribution in [3.63, 3.8) is 0 Å². The molecule has 1 aromatic carbocycles. The van der Waals surface area contributed by atoms with Gasteiger partial charge in [0.25, 0.3) is 0 Å². The van der Waals surface area contributed by atoms with E-state index in [0.717, 1.165) is 12.3 Å². The lowest BCUT2D eigenvalue weighted by molar-refractivity contribution is 0.129. The first-order valence-electron chi connectivity index (χ1n) is 7.40. The van der Waals surface area contributed by atoms with Crippen LogP contribution in [0.3, 0.4) is 0 Å². The molecule has 0 radical (unpaired) electrons. The molecule has 1 spiro atoms. The first-order valence-corrected chi connectivity index (χ1v) is 7.40. The molecule has 2 heterocycles. The van der Waals surface area contributed by atoms with Crippen LogP contribution in [0.4, 0.5) is 0 Å². The van der Waals surface area contributed by atoms with Crippen molar-refractivity contribution in [2.45, 2.75) is 37.8 Å². The Morgan fingerprint density at radius 1 is 1.21 bits per heavy atom. The van der Waals surface area contributed by atoms with E-state index in [4.69, 9.17) is 4.74 Å². The van der Waals surface area contributed by atoms with Crippen molar-refractivity contribution in [1.82, 2.24) is 10.2 Å². The summed E-state index contributed by atoms with van der Waals surface area (Å²) >= 11 is 0. The third-order valence-electron chi connectivity index (χ3n) is 4.55. The summed E-state index contributed by atoms with van der Waals surface area (Å²) in [7, 11) is 1.72. The van der Waals surface area contributed by atoms with E-state index in [2.05, 4.69) is 34.5 Å². The molecule has 3 rings (SSSR count). The van der Waals surface area contributed by atoms with Gasteiger partial charge < -0.3 is 10.1 Å². The highest BCUT2D eigenvalue weighted by Crippen LogP contribution is 2.30. The first-order chi connectivity index (χ1) is 9.30. The predicted octanol–water partition coefficient (Wildman–Crippen LogP) is 2.41. The molecule has 0 bridgehead atoms. The molecular weight excluding hydrogens is 236 g/mol. The van der Waals surface area contributed by atoms with E-state index in [-0.39, 0.29) is 0 Å². The summed E-state index contributed by atoms with van der Waals surface area (Å²) in [5.74, 6) is 0.941. The molecule has 2 aliphatic heterocycles. The van der Waals surface area contributed by atoms with Gasteiger partial charge in [0.1, 0.15) is 5.75 Å². The van der Waals surface area contributed by atoms with Crippen LogP contribution in [0, 0.1) is 0 Å². The first kappa shape index (κ1) is 12.9. The zero-order valence-corrected chi connectivity index (χ0v) is 11.8. The summed E-state index contributed by atoms with van der Waals surface area (Å²) in [4.78, 5) is 2.60. The number of ether oxygens (including phenoxy) is 1. The fourth-order valence-corrected chi connectivity index (χ4v) is 3.57. The van der Waals surface area contributed by atoms with Crippen LogP contribution in [-0.2, 0) is 6.54 Å². The van der Waals surface area contributed by atoms with Gasteiger partial charge in [0.2, 0.25) is 0 Å². The van der Waals surface area contributed by atoms with Crippen molar-refractivity contribution in [1.29, 1.82) is 0 Å². The van der Waals surface area contributed by atoms with E-state index in [1.54, 1.807) is 7.11 Å². The molecule has 104 valence electrons. The Kier molecular flexibility index (Phi) is 3.76. The molecule has 2 saturated heterocycles. The lowest BCUT2D eigenvalue weighted by Gasteiger charge is -2.40. The van der Waals surface area contributed by atoms with Crippen LogP contribution >= 0.6 is 0 Å². The van der Waals surface area contributed by atoms with Crippen LogP contribution in [0.2, 0.25) is 0 Å². The topological polar surface area (TPSA) is 24.5 Å². The average Bonchev–Trinajstić information content (AvgIpc) is 2.88. The van der Waals surface area contributed by atoms with E-state index >= 15 is 0 Å². The van der Waals surface area contributed by atoms with E-state index in [1.165, 1.54) is 50.9 Å². The number of nitrogens with zero attached hydrogens (tertiary/aromatic N) is 1. The third kappa shape index (κ3) is 2.93. The fourth-order valence-electron chi connectivity index (χ4n) is 3.57. The van der Waals surface area contributed by atoms with Crippen LogP contribution in [-0.4, -0.2) is 37.2 Å². The minimum Gasteiger partial charge on any atom is -0.497 e. The van der Waals surface area contributed by atoms with Gasteiger partial charge in [-0.1, -0.05) is 12.1 Å². The number of nitrogens with one attached hydrogen (secondary N) is 1. The van der Waals surface area contributed by atoms with Crippen LogP contribution < -0.4 is 10.1 Å². The van der Waals surface area contributed by atoms with E-state index in [9.17, 15) is 0 Å². The lowest BCUT2D eigenvalue weighted by atomic mass is 9.87. The van der Waals surface area contributed by atoms with Crippen molar-refractivity contribution < 1.29 is 4.74 Å². The van der Waals surface area contributed by atoms with Crippen molar-refractivity contribution in [3.05, 3.63) is 29.8 Å². The molecule has 0 saturated carbocycles. The van der Waals surface area contributed by atoms with Crippen molar-refractivity contribution >= 4 is 0 Å². The van der Waals surface area contributed by atoms with Crippen LogP contribution in [0.5, 0.6) is 5.75 Å². The van der Waals surface area contributed by atoms with Gasteiger partial charge in [-0.05, 0) is 56.5 Å². The molecule has 19 heavy (non-hydrogen) atoms. The smallest absolute Gasteiger partial charge is 0.118 e. The standard InChI is InChI=1S/C16H24N2O/c1-19-15-6-4-14(5-7-15)12-18-11-3-9-16(13-18)8-2-10-17-16/h4-7,17H,2-3,8-13H2,1H3/t16-/m0/s1. The summed E-state index contributed by atoms with van der Waals surface area (Å²) < 4.78 is 5.21. The van der Waals surface area contributed by atoms with E-state index in [1.807, 2.05) is 0 Å². The Morgan fingerprint density at radius 3 is 2.68 bits per heavy atom. The Bertz CT molecular complexity index is 409. The maximum absolute atomic E-state index is 5.21.